The summed E-state index contributed by atoms with van der Waals surface area (Å²) >= 11 is 0. The van der Waals surface area contributed by atoms with E-state index in [1.54, 1.807) is 6.07 Å². The Morgan fingerprint density at radius 1 is 1.43 bits per heavy atom. The quantitative estimate of drug-likeness (QED) is 0.589. The molecule has 1 aromatic carbocycles. The van der Waals surface area contributed by atoms with E-state index in [0.717, 1.165) is 23.2 Å². The normalized spacial score (nSPS) is 10.6. The van der Waals surface area contributed by atoms with Gasteiger partial charge in [-0.3, -0.25) is 4.79 Å². The van der Waals surface area contributed by atoms with Crippen molar-refractivity contribution in [2.45, 2.75) is 27.2 Å². The van der Waals surface area contributed by atoms with E-state index in [9.17, 15) is 4.79 Å². The van der Waals surface area contributed by atoms with Gasteiger partial charge in [-0.15, -0.1) is 0 Å². The second-order valence-corrected chi connectivity index (χ2v) is 3.79. The molecule has 0 saturated heterocycles. The predicted octanol–water partition coefficient (Wildman–Crippen LogP) is 2.67. The summed E-state index contributed by atoms with van der Waals surface area (Å²) in [5.41, 5.74) is 8.36. The van der Waals surface area contributed by atoms with Crippen LogP contribution >= 0.6 is 0 Å². The van der Waals surface area contributed by atoms with Gasteiger partial charge in [-0.2, -0.15) is 0 Å². The fourth-order valence-electron chi connectivity index (χ4n) is 1.40. The maximum atomic E-state index is 11.6. The molecule has 2 nitrogen and oxygen atoms in total. The molecule has 0 bridgehead atoms. The number of benzene rings is 1. The Balaban J connectivity index is 3.03. The first-order valence-corrected chi connectivity index (χ1v) is 4.98. The highest BCUT2D eigenvalue weighted by Crippen LogP contribution is 2.17. The van der Waals surface area contributed by atoms with E-state index in [1.165, 1.54) is 0 Å². The van der Waals surface area contributed by atoms with Crippen LogP contribution in [-0.2, 0) is 6.42 Å². The molecule has 0 aromatic heterocycles. The van der Waals surface area contributed by atoms with Gasteiger partial charge in [-0.25, -0.2) is 0 Å². The summed E-state index contributed by atoms with van der Waals surface area (Å²) < 4.78 is 0. The first-order chi connectivity index (χ1) is 6.56. The van der Waals surface area contributed by atoms with E-state index < -0.39 is 0 Å². The molecule has 0 aliphatic heterocycles. The van der Waals surface area contributed by atoms with E-state index >= 15 is 0 Å². The average molecular weight is 191 g/mol. The van der Waals surface area contributed by atoms with Crippen LogP contribution in [0.3, 0.4) is 0 Å². The molecular formula is C12H17NO. The fourth-order valence-corrected chi connectivity index (χ4v) is 1.40. The smallest absolute Gasteiger partial charge is 0.165 e. The number of carbonyl (C=O) groups excluding carboxylic acids is 1. The largest absolute Gasteiger partial charge is 0.398 e. The van der Waals surface area contributed by atoms with Gasteiger partial charge in [0.25, 0.3) is 0 Å². The number of anilines is 1. The summed E-state index contributed by atoms with van der Waals surface area (Å²) in [6.45, 7) is 5.84. The molecule has 0 atom stereocenters. The van der Waals surface area contributed by atoms with Crippen molar-refractivity contribution in [3.8, 4) is 0 Å². The van der Waals surface area contributed by atoms with E-state index in [4.69, 9.17) is 5.73 Å². The van der Waals surface area contributed by atoms with Crippen molar-refractivity contribution >= 4 is 11.5 Å². The number of rotatable bonds is 3. The van der Waals surface area contributed by atoms with Crippen LogP contribution in [0, 0.1) is 5.92 Å². The van der Waals surface area contributed by atoms with Gasteiger partial charge in [0, 0.05) is 17.2 Å². The molecular weight excluding hydrogens is 174 g/mol. The molecule has 1 rings (SSSR count). The maximum absolute atomic E-state index is 11.6. The first kappa shape index (κ1) is 10.8. The highest BCUT2D eigenvalue weighted by atomic mass is 16.1. The molecule has 0 spiro atoms. The summed E-state index contributed by atoms with van der Waals surface area (Å²) in [7, 11) is 0. The SMILES string of the molecule is CCc1ccc(C(=O)C(C)C)cc1N. The number of aryl methyl sites for hydroxylation is 1. The summed E-state index contributed by atoms with van der Waals surface area (Å²) in [6.07, 6.45) is 0.905. The summed E-state index contributed by atoms with van der Waals surface area (Å²) in [5.74, 6) is 0.182. The summed E-state index contributed by atoms with van der Waals surface area (Å²) in [4.78, 5) is 11.6. The monoisotopic (exact) mass is 191 g/mol. The standard InChI is InChI=1S/C12H17NO/c1-4-9-5-6-10(7-11(9)13)12(14)8(2)3/h5-8H,4,13H2,1-3H3. The maximum Gasteiger partial charge on any atom is 0.165 e. The van der Waals surface area contributed by atoms with Crippen molar-refractivity contribution in [1.29, 1.82) is 0 Å². The zero-order chi connectivity index (χ0) is 10.7. The third-order valence-corrected chi connectivity index (χ3v) is 2.34. The Morgan fingerprint density at radius 3 is 2.50 bits per heavy atom. The van der Waals surface area contributed by atoms with Crippen LogP contribution in [0.4, 0.5) is 5.69 Å². The van der Waals surface area contributed by atoms with Crippen molar-refractivity contribution in [2.24, 2.45) is 5.92 Å². The second kappa shape index (κ2) is 4.27. The number of nitrogen functional groups attached to an aromatic ring is 1. The lowest BCUT2D eigenvalue weighted by atomic mass is 9.98. The Hall–Kier alpha value is -1.31. The molecule has 0 unspecified atom stereocenters. The number of nitrogens with two attached hydrogens (primary N) is 1. The molecule has 2 heteroatoms. The topological polar surface area (TPSA) is 43.1 Å². The number of carbonyl (C=O) groups is 1. The van der Waals surface area contributed by atoms with Crippen molar-refractivity contribution in [2.75, 3.05) is 5.73 Å². The van der Waals surface area contributed by atoms with Crippen molar-refractivity contribution in [3.63, 3.8) is 0 Å². The molecule has 76 valence electrons. The molecule has 2 N–H and O–H groups in total. The predicted molar refractivity (Wildman–Crippen MR) is 59.4 cm³/mol. The van der Waals surface area contributed by atoms with Crippen LogP contribution < -0.4 is 5.73 Å². The van der Waals surface area contributed by atoms with E-state index in [-0.39, 0.29) is 11.7 Å². The van der Waals surface area contributed by atoms with Crippen LogP contribution in [0.5, 0.6) is 0 Å². The van der Waals surface area contributed by atoms with Crippen LogP contribution in [-0.4, -0.2) is 5.78 Å². The number of hydrogen-bond acceptors (Lipinski definition) is 2. The van der Waals surface area contributed by atoms with Crippen molar-refractivity contribution < 1.29 is 4.79 Å². The molecule has 0 radical (unpaired) electrons. The minimum Gasteiger partial charge on any atom is -0.398 e. The zero-order valence-corrected chi connectivity index (χ0v) is 9.00. The number of ketones is 1. The molecule has 0 aliphatic rings. The molecule has 0 aliphatic carbocycles. The highest BCUT2D eigenvalue weighted by Gasteiger charge is 2.11. The third-order valence-electron chi connectivity index (χ3n) is 2.34. The third kappa shape index (κ3) is 2.13. The van der Waals surface area contributed by atoms with Gasteiger partial charge >= 0.3 is 0 Å². The first-order valence-electron chi connectivity index (χ1n) is 4.98. The van der Waals surface area contributed by atoms with E-state index in [2.05, 4.69) is 6.92 Å². The van der Waals surface area contributed by atoms with Crippen LogP contribution in [0.1, 0.15) is 36.7 Å². The molecule has 0 amide bonds. The second-order valence-electron chi connectivity index (χ2n) is 3.79. The zero-order valence-electron chi connectivity index (χ0n) is 9.00. The lowest BCUT2D eigenvalue weighted by Crippen LogP contribution is -2.08. The Kier molecular flexibility index (Phi) is 3.28. The van der Waals surface area contributed by atoms with Gasteiger partial charge < -0.3 is 5.73 Å². The van der Waals surface area contributed by atoms with Gasteiger partial charge in [-0.05, 0) is 18.1 Å². The van der Waals surface area contributed by atoms with Crippen molar-refractivity contribution in [1.82, 2.24) is 0 Å². The van der Waals surface area contributed by atoms with Crippen molar-refractivity contribution in [3.05, 3.63) is 29.3 Å². The minimum atomic E-state index is 0.0295. The number of Topliss-reactive ketones (excluding diaryl/α,β-unsaturated/α-hetero) is 1. The Morgan fingerprint density at radius 2 is 2.07 bits per heavy atom. The molecule has 1 aromatic rings. The van der Waals surface area contributed by atoms with Crippen LogP contribution in [0.15, 0.2) is 18.2 Å². The lowest BCUT2D eigenvalue weighted by Gasteiger charge is -2.07. The summed E-state index contributed by atoms with van der Waals surface area (Å²) in [5, 5.41) is 0. The van der Waals surface area contributed by atoms with Crippen LogP contribution in [0.2, 0.25) is 0 Å². The van der Waals surface area contributed by atoms with E-state index in [0.29, 0.717) is 0 Å². The summed E-state index contributed by atoms with van der Waals surface area (Å²) in [6, 6.07) is 5.57. The molecule has 0 heterocycles. The number of hydrogen-bond donors (Lipinski definition) is 1. The van der Waals surface area contributed by atoms with Gasteiger partial charge in [0.2, 0.25) is 0 Å². The van der Waals surface area contributed by atoms with Gasteiger partial charge in [0.1, 0.15) is 0 Å². The van der Waals surface area contributed by atoms with Gasteiger partial charge in [0.05, 0.1) is 0 Å². The fraction of sp³-hybridized carbons (Fsp3) is 0.417. The lowest BCUT2D eigenvalue weighted by molar-refractivity contribution is 0.0939. The van der Waals surface area contributed by atoms with Gasteiger partial charge in [-0.1, -0.05) is 32.9 Å². The molecule has 14 heavy (non-hydrogen) atoms. The average Bonchev–Trinajstić information content (AvgIpc) is 2.16. The molecule has 0 fully saturated rings. The molecule has 0 saturated carbocycles. The minimum absolute atomic E-state index is 0.0295. The van der Waals surface area contributed by atoms with E-state index in [1.807, 2.05) is 26.0 Å². The van der Waals surface area contributed by atoms with Gasteiger partial charge in [0.15, 0.2) is 5.78 Å². The van der Waals surface area contributed by atoms with Crippen LogP contribution in [0.25, 0.3) is 0 Å². The highest BCUT2D eigenvalue weighted by molar-refractivity contribution is 5.98. The Bertz CT molecular complexity index is 342. The Labute approximate surface area is 85.1 Å².